The number of amides is 3. The number of fused-ring (bicyclic) bond motifs is 2. The molecule has 2 aliphatic rings. The number of carbonyl (C=O) groups excluding carboxylic acids is 3. The molecular weight excluding hydrogens is 454 g/mol. The predicted octanol–water partition coefficient (Wildman–Crippen LogP) is 5.32. The van der Waals surface area contributed by atoms with Crippen LogP contribution in [-0.4, -0.2) is 28.5 Å². The van der Waals surface area contributed by atoms with Gasteiger partial charge >= 0.3 is 0 Å². The van der Waals surface area contributed by atoms with Crippen LogP contribution in [0.4, 0.5) is 11.4 Å². The Bertz CT molecular complexity index is 1250. The smallest absolute Gasteiger partial charge is 0.237 e. The molecule has 1 saturated carbocycles. The first kappa shape index (κ1) is 22.1. The van der Waals surface area contributed by atoms with Crippen molar-refractivity contribution in [3.05, 3.63) is 47.5 Å². The van der Waals surface area contributed by atoms with Crippen LogP contribution in [0.2, 0.25) is 0 Å². The predicted molar refractivity (Wildman–Crippen MR) is 133 cm³/mol. The zero-order valence-electron chi connectivity index (χ0n) is 18.6. The van der Waals surface area contributed by atoms with E-state index in [9.17, 15) is 14.4 Å². The molecule has 2 fully saturated rings. The number of thiazole rings is 1. The fourth-order valence-corrected chi connectivity index (χ4v) is 6.55. The monoisotopic (exact) mass is 479 g/mol. The van der Waals surface area contributed by atoms with Crippen LogP contribution in [0.5, 0.6) is 0 Å². The summed E-state index contributed by atoms with van der Waals surface area (Å²) < 4.78 is 1.69. The lowest BCUT2D eigenvalue weighted by atomic mass is 9.81. The number of carbonyl (C=O) groups is 3. The van der Waals surface area contributed by atoms with Crippen LogP contribution in [0.1, 0.15) is 36.8 Å². The van der Waals surface area contributed by atoms with Crippen molar-refractivity contribution in [2.45, 2.75) is 43.9 Å². The van der Waals surface area contributed by atoms with Gasteiger partial charge in [-0.2, -0.15) is 0 Å². The molecule has 1 aliphatic carbocycles. The van der Waals surface area contributed by atoms with Crippen LogP contribution >= 0.6 is 23.1 Å². The number of imide groups is 1. The number of benzene rings is 2. The van der Waals surface area contributed by atoms with Crippen molar-refractivity contribution >= 4 is 62.4 Å². The molecule has 3 amide bonds. The van der Waals surface area contributed by atoms with Gasteiger partial charge in [-0.15, -0.1) is 11.3 Å². The van der Waals surface area contributed by atoms with Crippen molar-refractivity contribution in [1.82, 2.24) is 4.98 Å². The van der Waals surface area contributed by atoms with Crippen LogP contribution in [0.15, 0.2) is 40.7 Å². The molecule has 170 valence electrons. The molecular formula is C25H25N3O3S2. The van der Waals surface area contributed by atoms with Gasteiger partial charge < -0.3 is 5.32 Å². The third-order valence-corrected chi connectivity index (χ3v) is 8.73. The lowest BCUT2D eigenvalue weighted by Crippen LogP contribution is -2.30. The molecule has 8 heteroatoms. The van der Waals surface area contributed by atoms with E-state index in [4.69, 9.17) is 0 Å². The van der Waals surface area contributed by atoms with Crippen LogP contribution in [0.3, 0.4) is 0 Å². The van der Waals surface area contributed by atoms with E-state index in [1.54, 1.807) is 6.07 Å². The molecule has 1 saturated heterocycles. The van der Waals surface area contributed by atoms with E-state index < -0.39 is 0 Å². The van der Waals surface area contributed by atoms with Crippen LogP contribution < -0.4 is 10.2 Å². The molecule has 1 N–H and O–H groups in total. The van der Waals surface area contributed by atoms with Gasteiger partial charge in [0.15, 0.2) is 4.34 Å². The van der Waals surface area contributed by atoms with Gasteiger partial charge in [0.25, 0.3) is 0 Å². The normalized spacial score (nSPS) is 20.4. The van der Waals surface area contributed by atoms with Crippen LogP contribution in [-0.2, 0) is 14.4 Å². The molecule has 0 bridgehead atoms. The van der Waals surface area contributed by atoms with Crippen molar-refractivity contribution in [3.63, 3.8) is 0 Å². The molecule has 6 nitrogen and oxygen atoms in total. The maximum absolute atomic E-state index is 12.9. The molecule has 33 heavy (non-hydrogen) atoms. The quantitative estimate of drug-likeness (QED) is 0.396. The zero-order valence-corrected chi connectivity index (χ0v) is 20.2. The van der Waals surface area contributed by atoms with E-state index in [-0.39, 0.29) is 35.3 Å². The van der Waals surface area contributed by atoms with Crippen molar-refractivity contribution in [1.29, 1.82) is 0 Å². The number of aryl methyl sites for hydroxylation is 2. The average Bonchev–Trinajstić information content (AvgIpc) is 3.33. The number of rotatable bonds is 5. The molecule has 1 aliphatic heterocycles. The fourth-order valence-electron chi connectivity index (χ4n) is 4.65. The van der Waals surface area contributed by atoms with Crippen molar-refractivity contribution in [3.8, 4) is 0 Å². The molecule has 5 rings (SSSR count). The fraction of sp³-hybridized carbons (Fsp3) is 0.360. The van der Waals surface area contributed by atoms with E-state index in [2.05, 4.69) is 10.3 Å². The van der Waals surface area contributed by atoms with Gasteiger partial charge in [-0.25, -0.2) is 4.98 Å². The van der Waals surface area contributed by atoms with Gasteiger partial charge in [0.1, 0.15) is 0 Å². The number of nitrogens with zero attached hydrogens (tertiary/aromatic N) is 2. The first-order chi connectivity index (χ1) is 15.9. The highest BCUT2D eigenvalue weighted by atomic mass is 32.2. The minimum Gasteiger partial charge on any atom is -0.325 e. The Balaban J connectivity index is 1.27. The maximum Gasteiger partial charge on any atom is 0.237 e. The largest absolute Gasteiger partial charge is 0.325 e. The first-order valence-corrected chi connectivity index (χ1v) is 13.0. The highest BCUT2D eigenvalue weighted by molar-refractivity contribution is 8.01. The Morgan fingerprint density at radius 3 is 2.48 bits per heavy atom. The van der Waals surface area contributed by atoms with Crippen LogP contribution in [0.25, 0.3) is 10.2 Å². The summed E-state index contributed by atoms with van der Waals surface area (Å²) in [4.78, 5) is 44.2. The minimum absolute atomic E-state index is 0.0637. The van der Waals surface area contributed by atoms with Gasteiger partial charge in [0.2, 0.25) is 17.7 Å². The van der Waals surface area contributed by atoms with Gasteiger partial charge in [-0.3, -0.25) is 19.3 Å². The van der Waals surface area contributed by atoms with E-state index in [0.717, 1.165) is 51.5 Å². The summed E-state index contributed by atoms with van der Waals surface area (Å²) in [7, 11) is 0. The molecule has 2 heterocycles. The lowest BCUT2D eigenvalue weighted by molar-refractivity contribution is -0.122. The van der Waals surface area contributed by atoms with E-state index in [1.807, 2.05) is 44.2 Å². The molecule has 0 spiro atoms. The summed E-state index contributed by atoms with van der Waals surface area (Å²) in [6, 6.07) is 11.4. The Morgan fingerprint density at radius 1 is 1.06 bits per heavy atom. The highest BCUT2D eigenvalue weighted by Gasteiger charge is 2.48. The first-order valence-electron chi connectivity index (χ1n) is 11.2. The molecule has 0 unspecified atom stereocenters. The highest BCUT2D eigenvalue weighted by Crippen LogP contribution is 2.41. The van der Waals surface area contributed by atoms with Gasteiger partial charge in [-0.05, 0) is 68.1 Å². The number of hydrogen-bond donors (Lipinski definition) is 1. The summed E-state index contributed by atoms with van der Waals surface area (Å²) >= 11 is 2.86. The Morgan fingerprint density at radius 2 is 1.79 bits per heavy atom. The second-order valence-corrected chi connectivity index (χ2v) is 11.0. The maximum atomic E-state index is 12.9. The van der Waals surface area contributed by atoms with Crippen LogP contribution in [0, 0.1) is 25.7 Å². The van der Waals surface area contributed by atoms with Gasteiger partial charge in [0.05, 0.1) is 33.5 Å². The Hall–Kier alpha value is -2.71. The second-order valence-electron chi connectivity index (χ2n) is 8.78. The molecule has 0 radical (unpaired) electrons. The second kappa shape index (κ2) is 8.91. The van der Waals surface area contributed by atoms with Gasteiger partial charge in [-0.1, -0.05) is 30.7 Å². The summed E-state index contributed by atoms with van der Waals surface area (Å²) in [5.41, 5.74) is 4.54. The number of aromatic nitrogens is 1. The summed E-state index contributed by atoms with van der Waals surface area (Å²) in [5.74, 6) is -0.279. The van der Waals surface area contributed by atoms with Crippen molar-refractivity contribution in [2.24, 2.45) is 11.8 Å². The molecule has 2 atom stereocenters. The van der Waals surface area contributed by atoms with E-state index >= 15 is 0 Å². The standard InChI is InChI=1S/C25H25N3O3S2/c1-14-7-8-16(11-15(14)2)26-22(29)13-32-25-27-20-10-9-17(12-21(20)33-25)28-23(30)18-5-3-4-6-19(18)24(28)31/h7-12,18-19H,3-6,13H2,1-2H3,(H,26,29)/t18-,19+. The summed E-state index contributed by atoms with van der Waals surface area (Å²) in [5, 5.41) is 2.93. The topological polar surface area (TPSA) is 79.4 Å². The number of thioether (sulfide) groups is 1. The molecule has 2 aromatic carbocycles. The third-order valence-electron chi connectivity index (χ3n) is 6.57. The third kappa shape index (κ3) is 4.29. The number of hydrogen-bond acceptors (Lipinski definition) is 6. The number of nitrogens with one attached hydrogen (secondary N) is 1. The van der Waals surface area contributed by atoms with Crippen molar-refractivity contribution < 1.29 is 14.4 Å². The number of anilines is 2. The Kier molecular flexibility index (Phi) is 5.97. The minimum atomic E-state index is -0.162. The summed E-state index contributed by atoms with van der Waals surface area (Å²) in [6.45, 7) is 4.06. The zero-order chi connectivity index (χ0) is 23.1. The Labute approximate surface area is 200 Å². The van der Waals surface area contributed by atoms with E-state index in [0.29, 0.717) is 5.69 Å². The molecule has 3 aromatic rings. The lowest BCUT2D eigenvalue weighted by Gasteiger charge is -2.19. The summed E-state index contributed by atoms with van der Waals surface area (Å²) in [6.07, 6.45) is 3.64. The van der Waals surface area contributed by atoms with Gasteiger partial charge in [0, 0.05) is 5.69 Å². The van der Waals surface area contributed by atoms with Crippen molar-refractivity contribution in [2.75, 3.05) is 16.0 Å². The molecule has 1 aromatic heterocycles. The SMILES string of the molecule is Cc1ccc(NC(=O)CSc2nc3ccc(N4C(=O)[C@H]5CCCC[C@H]5C4=O)cc3s2)cc1C. The average molecular weight is 480 g/mol. The van der Waals surface area contributed by atoms with E-state index in [1.165, 1.54) is 33.6 Å².